The van der Waals surface area contributed by atoms with Crippen LogP contribution in [-0.4, -0.2) is 29.5 Å². The van der Waals surface area contributed by atoms with Crippen molar-refractivity contribution in [3.8, 4) is 0 Å². The third-order valence-electron chi connectivity index (χ3n) is 2.29. The van der Waals surface area contributed by atoms with Crippen molar-refractivity contribution < 1.29 is 18.7 Å². The highest BCUT2D eigenvalue weighted by Crippen LogP contribution is 2.31. The Labute approximate surface area is 114 Å². The number of carbonyl (C=O) groups is 1. The first-order valence-electron chi connectivity index (χ1n) is 5.75. The van der Waals surface area contributed by atoms with Crippen LogP contribution in [-0.2, 0) is 0 Å². The highest BCUT2D eigenvalue weighted by molar-refractivity contribution is 7.99. The van der Waals surface area contributed by atoms with Crippen molar-refractivity contribution in [2.24, 2.45) is 0 Å². The van der Waals surface area contributed by atoms with Gasteiger partial charge in [0.05, 0.1) is 5.69 Å². The average Bonchev–Trinajstić information content (AvgIpc) is 2.31. The Morgan fingerprint density at radius 3 is 2.74 bits per heavy atom. The predicted octanol–water partition coefficient (Wildman–Crippen LogP) is 2.89. The summed E-state index contributed by atoms with van der Waals surface area (Å²) in [6, 6.07) is 5.68. The second-order valence-electron chi connectivity index (χ2n) is 3.89. The van der Waals surface area contributed by atoms with E-state index in [1.807, 2.05) is 0 Å². The van der Waals surface area contributed by atoms with Crippen LogP contribution in [0, 0.1) is 0 Å². The van der Waals surface area contributed by atoms with E-state index in [-0.39, 0.29) is 12.6 Å². The lowest BCUT2D eigenvalue weighted by molar-refractivity contribution is 0.241. The fourth-order valence-electron chi connectivity index (χ4n) is 1.42. The smallest absolute Gasteiger partial charge is 0.319 e. The quantitative estimate of drug-likeness (QED) is 0.706. The zero-order valence-corrected chi connectivity index (χ0v) is 11.2. The van der Waals surface area contributed by atoms with Gasteiger partial charge in [0.25, 0.3) is 5.76 Å². The summed E-state index contributed by atoms with van der Waals surface area (Å²) in [7, 11) is 0. The van der Waals surface area contributed by atoms with Crippen LogP contribution in [0.1, 0.15) is 13.3 Å². The van der Waals surface area contributed by atoms with Crippen LogP contribution < -0.4 is 10.6 Å². The molecule has 0 heterocycles. The maximum atomic E-state index is 12.4. The Hall–Kier alpha value is -1.34. The van der Waals surface area contributed by atoms with Gasteiger partial charge in [0.1, 0.15) is 0 Å². The molecule has 1 aromatic rings. The minimum absolute atomic E-state index is 0.0285. The van der Waals surface area contributed by atoms with Gasteiger partial charge < -0.3 is 15.7 Å². The highest BCUT2D eigenvalue weighted by Gasteiger charge is 2.12. The number of alkyl halides is 2. The van der Waals surface area contributed by atoms with Crippen LogP contribution in [0.5, 0.6) is 0 Å². The van der Waals surface area contributed by atoms with E-state index in [2.05, 4.69) is 10.6 Å². The lowest BCUT2D eigenvalue weighted by Gasteiger charge is -2.15. The summed E-state index contributed by atoms with van der Waals surface area (Å²) >= 11 is 0.380. The summed E-state index contributed by atoms with van der Waals surface area (Å²) in [5, 5.41) is 13.8. The molecule has 0 aliphatic heterocycles. The van der Waals surface area contributed by atoms with Gasteiger partial charge in [-0.2, -0.15) is 8.78 Å². The molecule has 0 bridgehead atoms. The molecule has 0 radical (unpaired) electrons. The monoisotopic (exact) mass is 290 g/mol. The molecule has 0 aliphatic rings. The fraction of sp³-hybridized carbons (Fsp3) is 0.417. The molecule has 1 rings (SSSR count). The SMILES string of the molecule is C[C@H](CCO)NC(=O)Nc1ccccc1SC(F)F. The van der Waals surface area contributed by atoms with Crippen molar-refractivity contribution in [3.63, 3.8) is 0 Å². The molecule has 4 nitrogen and oxygen atoms in total. The van der Waals surface area contributed by atoms with Crippen LogP contribution in [0.15, 0.2) is 29.2 Å². The summed E-state index contributed by atoms with van der Waals surface area (Å²) in [4.78, 5) is 11.9. The molecule has 0 aliphatic carbocycles. The second-order valence-corrected chi connectivity index (χ2v) is 4.92. The number of anilines is 1. The van der Waals surface area contributed by atoms with Gasteiger partial charge in [-0.3, -0.25) is 0 Å². The first kappa shape index (κ1) is 15.7. The van der Waals surface area contributed by atoms with E-state index in [4.69, 9.17) is 5.11 Å². The molecule has 7 heteroatoms. The molecule has 0 saturated carbocycles. The average molecular weight is 290 g/mol. The Balaban J connectivity index is 2.63. The number of aliphatic hydroxyl groups excluding tert-OH is 1. The van der Waals surface area contributed by atoms with E-state index >= 15 is 0 Å². The van der Waals surface area contributed by atoms with E-state index in [0.29, 0.717) is 28.8 Å². The summed E-state index contributed by atoms with van der Waals surface area (Å²) in [6.07, 6.45) is 0.431. The number of para-hydroxylation sites is 1. The second kappa shape index (κ2) is 7.96. The fourth-order valence-corrected chi connectivity index (χ4v) is 2.01. The van der Waals surface area contributed by atoms with Gasteiger partial charge >= 0.3 is 6.03 Å². The minimum Gasteiger partial charge on any atom is -0.396 e. The number of rotatable bonds is 6. The van der Waals surface area contributed by atoms with Gasteiger partial charge in [0.2, 0.25) is 0 Å². The van der Waals surface area contributed by atoms with Crippen LogP contribution >= 0.6 is 11.8 Å². The third kappa shape index (κ3) is 5.89. The van der Waals surface area contributed by atoms with Gasteiger partial charge in [-0.25, -0.2) is 4.79 Å². The van der Waals surface area contributed by atoms with Crippen molar-refractivity contribution in [1.29, 1.82) is 0 Å². The summed E-state index contributed by atoms with van der Waals surface area (Å²) < 4.78 is 24.7. The summed E-state index contributed by atoms with van der Waals surface area (Å²) in [5.41, 5.74) is 0.335. The van der Waals surface area contributed by atoms with E-state index < -0.39 is 11.8 Å². The zero-order chi connectivity index (χ0) is 14.3. The normalized spacial score (nSPS) is 12.3. The van der Waals surface area contributed by atoms with Crippen LogP contribution in [0.25, 0.3) is 0 Å². The Bertz CT molecular complexity index is 418. The molecule has 0 fully saturated rings. The molecule has 0 unspecified atom stereocenters. The van der Waals surface area contributed by atoms with Gasteiger partial charge in [0, 0.05) is 17.5 Å². The van der Waals surface area contributed by atoms with Gasteiger partial charge in [-0.1, -0.05) is 23.9 Å². The minimum atomic E-state index is -2.54. The van der Waals surface area contributed by atoms with Crippen molar-refractivity contribution in [3.05, 3.63) is 24.3 Å². The Morgan fingerprint density at radius 2 is 2.11 bits per heavy atom. The van der Waals surface area contributed by atoms with E-state index in [1.54, 1.807) is 25.1 Å². The van der Waals surface area contributed by atoms with E-state index in [1.165, 1.54) is 6.07 Å². The number of nitrogens with one attached hydrogen (secondary N) is 2. The number of aliphatic hydroxyl groups is 1. The number of halogens is 2. The van der Waals surface area contributed by atoms with Crippen LogP contribution in [0.4, 0.5) is 19.3 Å². The molecule has 1 atom stereocenters. The van der Waals surface area contributed by atoms with Gasteiger partial charge in [-0.05, 0) is 25.5 Å². The van der Waals surface area contributed by atoms with E-state index in [9.17, 15) is 13.6 Å². The zero-order valence-electron chi connectivity index (χ0n) is 10.4. The third-order valence-corrected chi connectivity index (χ3v) is 3.08. The molecule has 0 saturated heterocycles. The maximum Gasteiger partial charge on any atom is 0.319 e. The van der Waals surface area contributed by atoms with Crippen molar-refractivity contribution >= 4 is 23.5 Å². The summed E-state index contributed by atoms with van der Waals surface area (Å²) in [5.74, 6) is -2.54. The van der Waals surface area contributed by atoms with Crippen LogP contribution in [0.2, 0.25) is 0 Å². The number of urea groups is 1. The topological polar surface area (TPSA) is 61.4 Å². The lowest BCUT2D eigenvalue weighted by atomic mass is 10.2. The van der Waals surface area contributed by atoms with Crippen LogP contribution in [0.3, 0.4) is 0 Å². The molecule has 1 aromatic carbocycles. The Kier molecular flexibility index (Phi) is 6.58. The largest absolute Gasteiger partial charge is 0.396 e. The molecule has 19 heavy (non-hydrogen) atoms. The van der Waals surface area contributed by atoms with Crippen molar-refractivity contribution in [1.82, 2.24) is 5.32 Å². The first-order valence-corrected chi connectivity index (χ1v) is 6.63. The molecular formula is C12H16F2N2O2S. The summed E-state index contributed by atoms with van der Waals surface area (Å²) in [6.45, 7) is 1.72. The van der Waals surface area contributed by atoms with E-state index in [0.717, 1.165) is 0 Å². The number of benzene rings is 1. The number of hydrogen-bond acceptors (Lipinski definition) is 3. The Morgan fingerprint density at radius 1 is 1.42 bits per heavy atom. The van der Waals surface area contributed by atoms with Crippen molar-refractivity contribution in [2.75, 3.05) is 11.9 Å². The molecule has 2 amide bonds. The van der Waals surface area contributed by atoms with Gasteiger partial charge in [0.15, 0.2) is 0 Å². The standard InChI is InChI=1S/C12H16F2N2O2S/c1-8(6-7-17)15-12(18)16-9-4-2-3-5-10(9)19-11(13)14/h2-5,8,11,17H,6-7H2,1H3,(H2,15,16,18)/t8-/m1/s1. The lowest BCUT2D eigenvalue weighted by Crippen LogP contribution is -2.36. The highest BCUT2D eigenvalue weighted by atomic mass is 32.2. The molecule has 3 N–H and O–H groups in total. The molecule has 0 spiro atoms. The number of hydrogen-bond donors (Lipinski definition) is 3. The first-order chi connectivity index (χ1) is 9.02. The predicted molar refractivity (Wildman–Crippen MR) is 71.6 cm³/mol. The maximum absolute atomic E-state index is 12.4. The van der Waals surface area contributed by atoms with Crippen molar-refractivity contribution in [2.45, 2.75) is 30.0 Å². The molecule has 106 valence electrons. The number of amides is 2. The van der Waals surface area contributed by atoms with Gasteiger partial charge in [-0.15, -0.1) is 0 Å². The number of thioether (sulfide) groups is 1. The number of carbonyl (C=O) groups excluding carboxylic acids is 1. The molecule has 0 aromatic heterocycles. The molecular weight excluding hydrogens is 274 g/mol.